The number of carbonyl (C=O) groups is 1. The van der Waals surface area contributed by atoms with Crippen molar-refractivity contribution in [3.05, 3.63) is 24.3 Å². The summed E-state index contributed by atoms with van der Waals surface area (Å²) in [5.74, 6) is -0.00560. The van der Waals surface area contributed by atoms with E-state index < -0.39 is 10.0 Å². The van der Waals surface area contributed by atoms with Gasteiger partial charge in [0.15, 0.2) is 0 Å². The van der Waals surface area contributed by atoms with Crippen LogP contribution < -0.4 is 15.4 Å². The Hall–Kier alpha value is -1.60. The molecule has 7 heteroatoms. The monoisotopic (exact) mass is 297 g/mol. The summed E-state index contributed by atoms with van der Waals surface area (Å²) >= 11 is 0. The van der Waals surface area contributed by atoms with Crippen molar-refractivity contribution in [2.45, 2.75) is 30.2 Å². The number of hydrogen-bond acceptors (Lipinski definition) is 4. The smallest absolute Gasteiger partial charge is 0.242 e. The molecule has 1 aliphatic rings. The van der Waals surface area contributed by atoms with Gasteiger partial charge in [-0.05, 0) is 32.0 Å². The van der Waals surface area contributed by atoms with Crippen molar-refractivity contribution in [2.75, 3.05) is 18.9 Å². The number of rotatable bonds is 7. The molecule has 20 heavy (non-hydrogen) atoms. The molecule has 0 heterocycles. The van der Waals surface area contributed by atoms with Gasteiger partial charge in [-0.3, -0.25) is 4.79 Å². The molecule has 1 fully saturated rings. The van der Waals surface area contributed by atoms with Crippen LogP contribution in [0.4, 0.5) is 5.69 Å². The quantitative estimate of drug-likeness (QED) is 0.690. The fourth-order valence-corrected chi connectivity index (χ4v) is 2.70. The highest BCUT2D eigenvalue weighted by molar-refractivity contribution is 7.89. The third kappa shape index (κ3) is 3.94. The Morgan fingerprint density at radius 2 is 2.00 bits per heavy atom. The summed E-state index contributed by atoms with van der Waals surface area (Å²) in [6.07, 6.45) is 2.44. The summed E-state index contributed by atoms with van der Waals surface area (Å²) in [5, 5.41) is 5.88. The van der Waals surface area contributed by atoms with Crippen LogP contribution in [0.2, 0.25) is 0 Å². The van der Waals surface area contributed by atoms with Crippen molar-refractivity contribution >= 4 is 21.6 Å². The first-order chi connectivity index (χ1) is 9.53. The lowest BCUT2D eigenvalue weighted by atomic mass is 10.3. The van der Waals surface area contributed by atoms with Crippen molar-refractivity contribution in [3.63, 3.8) is 0 Å². The standard InChI is InChI=1S/C13H19N3O3S/c1-14-20(18,19)12-5-3-2-4-11(12)15-9-8-13(17)16-10-6-7-10/h2-5,10,14-15H,6-9H2,1H3,(H,16,17). The molecular formula is C13H19N3O3S. The van der Waals surface area contributed by atoms with E-state index in [0.29, 0.717) is 24.7 Å². The van der Waals surface area contributed by atoms with E-state index in [0.717, 1.165) is 12.8 Å². The number of sulfonamides is 1. The first kappa shape index (κ1) is 14.8. The Morgan fingerprint density at radius 1 is 1.30 bits per heavy atom. The third-order valence-electron chi connectivity index (χ3n) is 3.06. The number of carbonyl (C=O) groups excluding carboxylic acids is 1. The second-order valence-electron chi connectivity index (χ2n) is 4.72. The van der Waals surface area contributed by atoms with Gasteiger partial charge in [-0.2, -0.15) is 0 Å². The maximum absolute atomic E-state index is 11.8. The van der Waals surface area contributed by atoms with Crippen molar-refractivity contribution in [2.24, 2.45) is 0 Å². The molecule has 1 aromatic rings. The van der Waals surface area contributed by atoms with Crippen molar-refractivity contribution in [3.8, 4) is 0 Å². The molecule has 0 bridgehead atoms. The molecule has 1 aliphatic carbocycles. The minimum atomic E-state index is -3.50. The number of amides is 1. The highest BCUT2D eigenvalue weighted by Gasteiger charge is 2.23. The fourth-order valence-electron chi connectivity index (χ4n) is 1.80. The van der Waals surface area contributed by atoms with Gasteiger partial charge < -0.3 is 10.6 Å². The first-order valence-electron chi connectivity index (χ1n) is 6.59. The number of anilines is 1. The van der Waals surface area contributed by atoms with Crippen molar-refractivity contribution < 1.29 is 13.2 Å². The molecule has 0 saturated heterocycles. The third-order valence-corrected chi connectivity index (χ3v) is 4.53. The minimum absolute atomic E-state index is 0.00560. The molecule has 1 amide bonds. The zero-order chi connectivity index (χ0) is 14.6. The summed E-state index contributed by atoms with van der Waals surface area (Å²) < 4.78 is 26.0. The van der Waals surface area contributed by atoms with E-state index in [1.807, 2.05) is 0 Å². The number of nitrogens with one attached hydrogen (secondary N) is 3. The molecule has 0 atom stereocenters. The van der Waals surface area contributed by atoms with Gasteiger partial charge >= 0.3 is 0 Å². The SMILES string of the molecule is CNS(=O)(=O)c1ccccc1NCCC(=O)NC1CC1. The van der Waals surface area contributed by atoms with Crippen LogP contribution >= 0.6 is 0 Å². The number of benzene rings is 1. The second kappa shape index (κ2) is 6.23. The van der Waals surface area contributed by atoms with E-state index >= 15 is 0 Å². The summed E-state index contributed by atoms with van der Waals surface area (Å²) in [6, 6.07) is 6.97. The molecule has 110 valence electrons. The van der Waals surface area contributed by atoms with E-state index in [2.05, 4.69) is 15.4 Å². The predicted molar refractivity (Wildman–Crippen MR) is 77.0 cm³/mol. The molecule has 0 aromatic heterocycles. The van der Waals surface area contributed by atoms with Crippen LogP contribution in [0, 0.1) is 0 Å². The normalized spacial score (nSPS) is 14.8. The van der Waals surface area contributed by atoms with Gasteiger partial charge in [-0.1, -0.05) is 12.1 Å². The summed E-state index contributed by atoms with van der Waals surface area (Å²) in [7, 11) is -2.13. The van der Waals surface area contributed by atoms with Gasteiger partial charge in [-0.25, -0.2) is 13.1 Å². The summed E-state index contributed by atoms with van der Waals surface area (Å²) in [4.78, 5) is 11.7. The van der Waals surface area contributed by atoms with Crippen molar-refractivity contribution in [1.29, 1.82) is 0 Å². The summed E-state index contributed by atoms with van der Waals surface area (Å²) in [6.45, 7) is 0.398. The topological polar surface area (TPSA) is 87.3 Å². The summed E-state index contributed by atoms with van der Waals surface area (Å²) in [5.41, 5.74) is 0.501. The fraction of sp³-hybridized carbons (Fsp3) is 0.462. The Kier molecular flexibility index (Phi) is 4.61. The average Bonchev–Trinajstić information content (AvgIpc) is 3.23. The van der Waals surface area contributed by atoms with Gasteiger partial charge in [0.05, 0.1) is 5.69 Å². The van der Waals surface area contributed by atoms with Gasteiger partial charge in [0.25, 0.3) is 0 Å². The average molecular weight is 297 g/mol. The van der Waals surface area contributed by atoms with E-state index in [1.54, 1.807) is 18.2 Å². The zero-order valence-corrected chi connectivity index (χ0v) is 12.2. The maximum atomic E-state index is 11.8. The van der Waals surface area contributed by atoms with Crippen LogP contribution in [0.5, 0.6) is 0 Å². The molecule has 0 radical (unpaired) electrons. The lowest BCUT2D eigenvalue weighted by molar-refractivity contribution is -0.120. The number of hydrogen-bond donors (Lipinski definition) is 3. The van der Waals surface area contributed by atoms with Crippen LogP contribution in [0.15, 0.2) is 29.2 Å². The Balaban J connectivity index is 1.93. The van der Waals surface area contributed by atoms with Gasteiger partial charge in [0.1, 0.15) is 4.90 Å². The lowest BCUT2D eigenvalue weighted by Crippen LogP contribution is -2.27. The Labute approximate surface area is 119 Å². The minimum Gasteiger partial charge on any atom is -0.383 e. The van der Waals surface area contributed by atoms with Gasteiger partial charge in [0.2, 0.25) is 15.9 Å². The van der Waals surface area contributed by atoms with Crippen LogP contribution in [0.1, 0.15) is 19.3 Å². The van der Waals surface area contributed by atoms with Crippen LogP contribution in [0.3, 0.4) is 0 Å². The highest BCUT2D eigenvalue weighted by Crippen LogP contribution is 2.20. The first-order valence-corrected chi connectivity index (χ1v) is 8.07. The van der Waals surface area contributed by atoms with Gasteiger partial charge in [0, 0.05) is 19.0 Å². The Bertz CT molecular complexity index is 582. The Morgan fingerprint density at radius 3 is 2.65 bits per heavy atom. The molecule has 1 saturated carbocycles. The van der Waals surface area contributed by atoms with E-state index in [9.17, 15) is 13.2 Å². The molecule has 0 aliphatic heterocycles. The zero-order valence-electron chi connectivity index (χ0n) is 11.3. The molecular weight excluding hydrogens is 278 g/mol. The second-order valence-corrected chi connectivity index (χ2v) is 6.58. The van der Waals surface area contributed by atoms with E-state index in [1.165, 1.54) is 13.1 Å². The van der Waals surface area contributed by atoms with Crippen LogP contribution in [-0.2, 0) is 14.8 Å². The lowest BCUT2D eigenvalue weighted by Gasteiger charge is -2.11. The molecule has 0 unspecified atom stereocenters. The molecule has 1 aromatic carbocycles. The molecule has 3 N–H and O–H groups in total. The van der Waals surface area contributed by atoms with E-state index in [4.69, 9.17) is 0 Å². The van der Waals surface area contributed by atoms with E-state index in [-0.39, 0.29) is 10.8 Å². The van der Waals surface area contributed by atoms with Crippen LogP contribution in [0.25, 0.3) is 0 Å². The number of para-hydroxylation sites is 1. The van der Waals surface area contributed by atoms with Gasteiger partial charge in [-0.15, -0.1) is 0 Å². The highest BCUT2D eigenvalue weighted by atomic mass is 32.2. The molecule has 2 rings (SSSR count). The van der Waals surface area contributed by atoms with Crippen molar-refractivity contribution in [1.82, 2.24) is 10.0 Å². The predicted octanol–water partition coefficient (Wildman–Crippen LogP) is 0.675. The largest absolute Gasteiger partial charge is 0.383 e. The van der Waals surface area contributed by atoms with Crippen LogP contribution in [-0.4, -0.2) is 34.0 Å². The molecule has 0 spiro atoms. The molecule has 6 nitrogen and oxygen atoms in total. The maximum Gasteiger partial charge on any atom is 0.242 e.